The van der Waals surface area contributed by atoms with Gasteiger partial charge in [-0.1, -0.05) is 24.6 Å². The zero-order valence-electron chi connectivity index (χ0n) is 16.9. The Morgan fingerprint density at radius 1 is 1.14 bits per heavy atom. The largest absolute Gasteiger partial charge is 0.396 e. The van der Waals surface area contributed by atoms with Crippen LogP contribution >= 0.6 is 11.8 Å². The summed E-state index contributed by atoms with van der Waals surface area (Å²) in [5.41, 5.74) is 11.9. The fraction of sp³-hybridized carbons (Fsp3) is 0.542. The molecule has 0 amide bonds. The van der Waals surface area contributed by atoms with Crippen molar-refractivity contribution in [2.45, 2.75) is 50.9 Å². The molecule has 0 radical (unpaired) electrons. The number of rotatable bonds is 11. The van der Waals surface area contributed by atoms with Crippen LogP contribution in [0.15, 0.2) is 42.7 Å². The summed E-state index contributed by atoms with van der Waals surface area (Å²) in [6.07, 6.45) is 11.6. The van der Waals surface area contributed by atoms with Crippen molar-refractivity contribution in [2.75, 3.05) is 24.7 Å². The molecule has 152 valence electrons. The fourth-order valence-electron chi connectivity index (χ4n) is 4.16. The third kappa shape index (κ3) is 6.33. The number of aryl methyl sites for hydroxylation is 2. The molecule has 0 saturated carbocycles. The minimum absolute atomic E-state index is 0.281. The molecule has 3 nitrogen and oxygen atoms in total. The number of benzene rings is 1. The zero-order chi connectivity index (χ0) is 19.6. The van der Waals surface area contributed by atoms with E-state index in [1.54, 1.807) is 5.56 Å². The molecule has 2 atom stereocenters. The summed E-state index contributed by atoms with van der Waals surface area (Å²) in [5, 5.41) is 9.01. The maximum absolute atomic E-state index is 9.01. The Kier molecular flexibility index (Phi) is 8.84. The molecular weight excluding hydrogens is 364 g/mol. The van der Waals surface area contributed by atoms with Crippen LogP contribution in [0, 0.1) is 5.92 Å². The molecule has 1 heterocycles. The van der Waals surface area contributed by atoms with Gasteiger partial charge in [0.2, 0.25) is 0 Å². The minimum Gasteiger partial charge on any atom is -0.396 e. The standard InChI is InChI=1S/C24H34N2OS/c25-17-24(3-1-2-13-27)23-7-6-21-15-20(4-5-22(21)16-23)18-28-14-10-19-8-11-26-12-9-19/h6-9,11-12,16,20,24,27H,1-5,10,13-15,17-18,25H2/t20-,24+/m1/s1. The summed E-state index contributed by atoms with van der Waals surface area (Å²) < 4.78 is 0. The van der Waals surface area contributed by atoms with Crippen molar-refractivity contribution in [1.29, 1.82) is 0 Å². The van der Waals surface area contributed by atoms with Crippen LogP contribution in [0.4, 0.5) is 0 Å². The van der Waals surface area contributed by atoms with Crippen molar-refractivity contribution < 1.29 is 5.11 Å². The highest BCUT2D eigenvalue weighted by Crippen LogP contribution is 2.31. The van der Waals surface area contributed by atoms with Crippen LogP contribution in [0.3, 0.4) is 0 Å². The molecule has 0 spiro atoms. The number of aliphatic hydroxyl groups is 1. The summed E-state index contributed by atoms with van der Waals surface area (Å²) in [6, 6.07) is 11.3. The predicted octanol–water partition coefficient (Wildman–Crippen LogP) is 4.37. The number of hydrogen-bond donors (Lipinski definition) is 2. The summed E-state index contributed by atoms with van der Waals surface area (Å²) in [5.74, 6) is 3.69. The number of aliphatic hydroxyl groups excluding tert-OH is 1. The van der Waals surface area contributed by atoms with Crippen molar-refractivity contribution in [3.63, 3.8) is 0 Å². The molecule has 0 saturated heterocycles. The summed E-state index contributed by atoms with van der Waals surface area (Å²) in [4.78, 5) is 4.09. The van der Waals surface area contributed by atoms with Crippen molar-refractivity contribution in [1.82, 2.24) is 4.98 Å². The molecule has 3 N–H and O–H groups in total. The van der Waals surface area contributed by atoms with E-state index in [-0.39, 0.29) is 6.61 Å². The van der Waals surface area contributed by atoms with Crippen LogP contribution in [0.5, 0.6) is 0 Å². The van der Waals surface area contributed by atoms with Gasteiger partial charge in [-0.2, -0.15) is 11.8 Å². The van der Waals surface area contributed by atoms with E-state index in [0.29, 0.717) is 12.5 Å². The first-order valence-corrected chi connectivity index (χ1v) is 11.8. The number of hydrogen-bond acceptors (Lipinski definition) is 4. The fourth-order valence-corrected chi connectivity index (χ4v) is 5.32. The maximum atomic E-state index is 9.01. The molecule has 3 rings (SSSR count). The number of pyridine rings is 1. The average Bonchev–Trinajstić information content (AvgIpc) is 2.75. The first-order valence-electron chi connectivity index (χ1n) is 10.7. The second-order valence-electron chi connectivity index (χ2n) is 7.97. The smallest absolute Gasteiger partial charge is 0.0431 e. The minimum atomic E-state index is 0.281. The van der Waals surface area contributed by atoms with E-state index in [1.165, 1.54) is 47.5 Å². The lowest BCUT2D eigenvalue weighted by Gasteiger charge is -2.26. The van der Waals surface area contributed by atoms with E-state index >= 15 is 0 Å². The Bertz CT molecular complexity index is 707. The Labute approximate surface area is 174 Å². The van der Waals surface area contributed by atoms with E-state index in [9.17, 15) is 0 Å². The third-order valence-electron chi connectivity index (χ3n) is 5.92. The number of unbranched alkanes of at least 4 members (excludes halogenated alkanes) is 1. The van der Waals surface area contributed by atoms with Crippen molar-refractivity contribution in [2.24, 2.45) is 11.7 Å². The lowest BCUT2D eigenvalue weighted by Crippen LogP contribution is -2.18. The van der Waals surface area contributed by atoms with Gasteiger partial charge in [0.15, 0.2) is 0 Å². The summed E-state index contributed by atoms with van der Waals surface area (Å²) in [7, 11) is 0. The summed E-state index contributed by atoms with van der Waals surface area (Å²) in [6.45, 7) is 0.977. The topological polar surface area (TPSA) is 59.1 Å². The van der Waals surface area contributed by atoms with Gasteiger partial charge in [0.25, 0.3) is 0 Å². The molecule has 0 bridgehead atoms. The molecule has 1 aromatic heterocycles. The Balaban J connectivity index is 1.47. The van der Waals surface area contributed by atoms with E-state index in [2.05, 4.69) is 47.1 Å². The van der Waals surface area contributed by atoms with Gasteiger partial charge in [0, 0.05) is 19.0 Å². The number of nitrogens with zero attached hydrogens (tertiary/aromatic N) is 1. The first-order chi connectivity index (χ1) is 13.8. The molecule has 4 heteroatoms. The van der Waals surface area contributed by atoms with Gasteiger partial charge in [-0.05, 0) is 103 Å². The van der Waals surface area contributed by atoms with E-state index in [0.717, 1.165) is 31.6 Å². The monoisotopic (exact) mass is 398 g/mol. The highest BCUT2D eigenvalue weighted by Gasteiger charge is 2.20. The average molecular weight is 399 g/mol. The lowest BCUT2D eigenvalue weighted by atomic mass is 9.82. The molecule has 0 aliphatic heterocycles. The molecule has 1 aromatic carbocycles. The lowest BCUT2D eigenvalue weighted by molar-refractivity contribution is 0.281. The highest BCUT2D eigenvalue weighted by molar-refractivity contribution is 7.99. The van der Waals surface area contributed by atoms with Gasteiger partial charge < -0.3 is 10.8 Å². The second-order valence-corrected chi connectivity index (χ2v) is 9.12. The van der Waals surface area contributed by atoms with Crippen LogP contribution in [0.1, 0.15) is 53.9 Å². The molecule has 2 aromatic rings. The maximum Gasteiger partial charge on any atom is 0.0431 e. The van der Waals surface area contributed by atoms with Crippen molar-refractivity contribution in [3.8, 4) is 0 Å². The van der Waals surface area contributed by atoms with Crippen LogP contribution < -0.4 is 5.73 Å². The van der Waals surface area contributed by atoms with Crippen LogP contribution in [-0.2, 0) is 19.3 Å². The predicted molar refractivity (Wildman–Crippen MR) is 120 cm³/mol. The SMILES string of the molecule is NC[C@H](CCCCO)c1ccc2c(c1)CC[C@@H](CSCCc1ccncc1)C2. The zero-order valence-corrected chi connectivity index (χ0v) is 17.7. The molecule has 28 heavy (non-hydrogen) atoms. The van der Waals surface area contributed by atoms with E-state index in [1.807, 2.05) is 12.4 Å². The highest BCUT2D eigenvalue weighted by atomic mass is 32.2. The Hall–Kier alpha value is -1.36. The molecule has 0 fully saturated rings. The van der Waals surface area contributed by atoms with Gasteiger partial charge in [0.1, 0.15) is 0 Å². The summed E-state index contributed by atoms with van der Waals surface area (Å²) >= 11 is 2.09. The van der Waals surface area contributed by atoms with Crippen LogP contribution in [0.25, 0.3) is 0 Å². The number of nitrogens with two attached hydrogens (primary N) is 1. The van der Waals surface area contributed by atoms with Crippen molar-refractivity contribution >= 4 is 11.8 Å². The molecule has 0 unspecified atom stereocenters. The normalized spacial score (nSPS) is 17.3. The Morgan fingerprint density at radius 2 is 2.00 bits per heavy atom. The van der Waals surface area contributed by atoms with Gasteiger partial charge in [-0.15, -0.1) is 0 Å². The van der Waals surface area contributed by atoms with Gasteiger partial charge in [-0.25, -0.2) is 0 Å². The number of aromatic nitrogens is 1. The molecule has 1 aliphatic rings. The molecular formula is C24H34N2OS. The third-order valence-corrected chi connectivity index (χ3v) is 7.12. The van der Waals surface area contributed by atoms with E-state index < -0.39 is 0 Å². The van der Waals surface area contributed by atoms with Crippen molar-refractivity contribution in [3.05, 3.63) is 65.0 Å². The number of fused-ring (bicyclic) bond motifs is 1. The quantitative estimate of drug-likeness (QED) is 0.552. The first kappa shape index (κ1) is 21.4. The van der Waals surface area contributed by atoms with E-state index in [4.69, 9.17) is 10.8 Å². The number of thioether (sulfide) groups is 1. The van der Waals surface area contributed by atoms with Gasteiger partial charge in [-0.3, -0.25) is 4.98 Å². The van der Waals surface area contributed by atoms with Crippen LogP contribution in [-0.4, -0.2) is 34.7 Å². The van der Waals surface area contributed by atoms with Crippen LogP contribution in [0.2, 0.25) is 0 Å². The Morgan fingerprint density at radius 3 is 2.79 bits per heavy atom. The van der Waals surface area contributed by atoms with Gasteiger partial charge >= 0.3 is 0 Å². The molecule has 1 aliphatic carbocycles. The second kappa shape index (κ2) is 11.6. The van der Waals surface area contributed by atoms with Gasteiger partial charge in [0.05, 0.1) is 0 Å².